The first kappa shape index (κ1) is 32.5. The van der Waals surface area contributed by atoms with Crippen molar-refractivity contribution in [2.45, 2.75) is 116 Å². The molecule has 0 radical (unpaired) electrons. The first-order chi connectivity index (χ1) is 19.2. The molecule has 41 heavy (non-hydrogen) atoms. The van der Waals surface area contributed by atoms with E-state index in [1.807, 2.05) is 31.7 Å². The quantitative estimate of drug-likeness (QED) is 0.318. The molecule has 1 amide bonds. The smallest absolute Gasteiger partial charge is 0.316 e. The van der Waals surface area contributed by atoms with Gasteiger partial charge in [-0.3, -0.25) is 14.4 Å². The van der Waals surface area contributed by atoms with Gasteiger partial charge in [0, 0.05) is 41.5 Å². The highest BCUT2D eigenvalue weighted by atomic mass is 32.2. The van der Waals surface area contributed by atoms with Crippen molar-refractivity contribution in [3.8, 4) is 0 Å². The summed E-state index contributed by atoms with van der Waals surface area (Å²) in [5.74, 6) is 0.316. The highest BCUT2D eigenvalue weighted by molar-refractivity contribution is 8.00. The average molecular weight is 591 g/mol. The topological polar surface area (TPSA) is 110 Å². The highest BCUT2D eigenvalue weighted by Crippen LogP contribution is 2.68. The number of nitrogens with zero attached hydrogens (tertiary/aromatic N) is 1. The number of esters is 1. The molecule has 10 atom stereocenters. The Morgan fingerprint density at radius 2 is 1.90 bits per heavy atom. The highest BCUT2D eigenvalue weighted by Gasteiger charge is 2.68. The lowest BCUT2D eigenvalue weighted by atomic mass is 9.44. The minimum Gasteiger partial charge on any atom is -0.461 e. The van der Waals surface area contributed by atoms with Crippen LogP contribution < -0.4 is 5.73 Å². The second-order valence-electron chi connectivity index (χ2n) is 14.5. The number of thioether (sulfide) groups is 1. The molecule has 1 aliphatic heterocycles. The molecular weight excluding hydrogens is 536 g/mol. The minimum atomic E-state index is -0.664. The van der Waals surface area contributed by atoms with Crippen molar-refractivity contribution in [1.29, 1.82) is 0 Å². The molecule has 3 N–H and O–H groups in total. The van der Waals surface area contributed by atoms with Crippen LogP contribution in [0.1, 0.15) is 92.9 Å². The first-order valence-electron chi connectivity index (χ1n) is 15.9. The second-order valence-corrected chi connectivity index (χ2v) is 15.8. The van der Waals surface area contributed by atoms with E-state index < -0.39 is 29.1 Å². The molecular formula is C33H54N2O5S. The Morgan fingerprint density at radius 1 is 1.20 bits per heavy atom. The van der Waals surface area contributed by atoms with Gasteiger partial charge in [0.25, 0.3) is 0 Å². The fourth-order valence-corrected chi connectivity index (χ4v) is 9.87. The van der Waals surface area contributed by atoms with Crippen LogP contribution in [0.3, 0.4) is 0 Å². The number of aliphatic hydroxyl groups excluding tert-OH is 1. The molecule has 1 saturated heterocycles. The van der Waals surface area contributed by atoms with Gasteiger partial charge in [-0.2, -0.15) is 0 Å². The number of likely N-dealkylation sites (tertiary alicyclic amines) is 1. The molecule has 1 heterocycles. The molecule has 4 aliphatic rings. The van der Waals surface area contributed by atoms with E-state index in [0.29, 0.717) is 25.9 Å². The fourth-order valence-electron chi connectivity index (χ4n) is 8.83. The number of ketones is 1. The molecule has 4 rings (SSSR count). The third-order valence-electron chi connectivity index (χ3n) is 12.0. The van der Waals surface area contributed by atoms with Crippen molar-refractivity contribution < 1.29 is 24.2 Å². The Kier molecular flexibility index (Phi) is 9.77. The molecule has 8 heteroatoms. The van der Waals surface area contributed by atoms with Crippen LogP contribution in [0.5, 0.6) is 0 Å². The van der Waals surface area contributed by atoms with Gasteiger partial charge < -0.3 is 20.5 Å². The molecule has 3 saturated carbocycles. The summed E-state index contributed by atoms with van der Waals surface area (Å²) >= 11 is 1.61. The minimum absolute atomic E-state index is 0.0171. The standard InChI is InChI=1S/C33H54N2O5S/c1-8-31(6)18-25(32(7)21(4)11-14-33(22(5)29(31)38)15-12-24(36)28(32)33)40-26(37)19-41-23-10-9-16-35(17-13-23)30(39)27(34)20(2)3/h8,20-23,25,27-29,38H,1,9-19,34H2,2-7H3/t21?,22-,23?,25+,27?,28?,29?,31+,32-,33?/m0/s1. The number of amides is 1. The van der Waals surface area contributed by atoms with E-state index in [-0.39, 0.29) is 57.7 Å². The van der Waals surface area contributed by atoms with E-state index >= 15 is 0 Å². The van der Waals surface area contributed by atoms with Gasteiger partial charge in [-0.25, -0.2) is 0 Å². The lowest BCUT2D eigenvalue weighted by Crippen LogP contribution is -2.63. The maximum atomic E-state index is 13.6. The van der Waals surface area contributed by atoms with Crippen molar-refractivity contribution in [3.05, 3.63) is 12.7 Å². The van der Waals surface area contributed by atoms with Gasteiger partial charge in [-0.15, -0.1) is 18.3 Å². The van der Waals surface area contributed by atoms with Crippen LogP contribution in [-0.4, -0.2) is 70.0 Å². The van der Waals surface area contributed by atoms with Crippen LogP contribution in [0.4, 0.5) is 0 Å². The van der Waals surface area contributed by atoms with Crippen LogP contribution >= 0.6 is 11.8 Å². The predicted octanol–water partition coefficient (Wildman–Crippen LogP) is 4.99. The lowest BCUT2D eigenvalue weighted by Gasteiger charge is -2.61. The Bertz CT molecular complexity index is 1020. The number of hydrogen-bond donors (Lipinski definition) is 2. The Labute approximate surface area is 251 Å². The maximum absolute atomic E-state index is 13.6. The summed E-state index contributed by atoms with van der Waals surface area (Å²) in [4.78, 5) is 41.7. The van der Waals surface area contributed by atoms with Crippen molar-refractivity contribution in [2.75, 3.05) is 18.8 Å². The van der Waals surface area contributed by atoms with Gasteiger partial charge in [-0.05, 0) is 68.1 Å². The average Bonchev–Trinajstić information content (AvgIpc) is 3.13. The molecule has 0 aromatic rings. The molecule has 0 aromatic carbocycles. The Hall–Kier alpha value is -1.38. The summed E-state index contributed by atoms with van der Waals surface area (Å²) in [5, 5.41) is 12.0. The van der Waals surface area contributed by atoms with E-state index in [9.17, 15) is 19.5 Å². The molecule has 3 aliphatic carbocycles. The predicted molar refractivity (Wildman–Crippen MR) is 164 cm³/mol. The zero-order valence-electron chi connectivity index (χ0n) is 26.2. The third kappa shape index (κ3) is 5.78. The molecule has 232 valence electrons. The number of nitrogens with two attached hydrogens (primary N) is 1. The lowest BCUT2D eigenvalue weighted by molar-refractivity contribution is -0.205. The first-order valence-corrected chi connectivity index (χ1v) is 17.0. The number of rotatable bonds is 7. The summed E-state index contributed by atoms with van der Waals surface area (Å²) in [5.41, 5.74) is 4.72. The monoisotopic (exact) mass is 590 g/mol. The molecule has 0 aromatic heterocycles. The van der Waals surface area contributed by atoms with Gasteiger partial charge in [0.2, 0.25) is 5.91 Å². The number of aliphatic hydroxyl groups is 1. The number of Topliss-reactive ketones (excluding diaryl/α,β-unsaturated/α-hetero) is 1. The van der Waals surface area contributed by atoms with Crippen molar-refractivity contribution in [2.24, 2.45) is 45.7 Å². The summed E-state index contributed by atoms with van der Waals surface area (Å²) in [7, 11) is 0. The van der Waals surface area contributed by atoms with Gasteiger partial charge in [-0.1, -0.05) is 47.6 Å². The Balaban J connectivity index is 1.49. The summed E-state index contributed by atoms with van der Waals surface area (Å²) in [6.07, 6.45) is 7.01. The number of carbonyl (C=O) groups excluding carboxylic acids is 3. The van der Waals surface area contributed by atoms with Crippen LogP contribution in [0.2, 0.25) is 0 Å². The van der Waals surface area contributed by atoms with Crippen LogP contribution in [0, 0.1) is 39.9 Å². The molecule has 2 bridgehead atoms. The SMILES string of the molecule is C=C[C@]1(C)C[C@@H](OC(=O)CSC2CCCN(C(=O)C(N)C(C)C)CC2)[C@]2(C)C(C)CCC3(CCC(=O)C32)[C@@H](C)C1O. The molecule has 7 nitrogen and oxygen atoms in total. The van der Waals surface area contributed by atoms with E-state index in [1.165, 1.54) is 0 Å². The van der Waals surface area contributed by atoms with Crippen LogP contribution in [0.15, 0.2) is 12.7 Å². The molecule has 4 fully saturated rings. The van der Waals surface area contributed by atoms with Crippen LogP contribution in [-0.2, 0) is 19.1 Å². The van der Waals surface area contributed by atoms with E-state index in [0.717, 1.165) is 38.5 Å². The second kappa shape index (κ2) is 12.3. The molecule has 6 unspecified atom stereocenters. The summed E-state index contributed by atoms with van der Waals surface area (Å²) in [6.45, 7) is 17.9. The number of hydrogen-bond acceptors (Lipinski definition) is 7. The maximum Gasteiger partial charge on any atom is 0.316 e. The zero-order valence-corrected chi connectivity index (χ0v) is 27.0. The van der Waals surface area contributed by atoms with Crippen LogP contribution in [0.25, 0.3) is 0 Å². The van der Waals surface area contributed by atoms with Gasteiger partial charge >= 0.3 is 5.97 Å². The van der Waals surface area contributed by atoms with E-state index in [2.05, 4.69) is 27.4 Å². The summed E-state index contributed by atoms with van der Waals surface area (Å²) < 4.78 is 6.41. The van der Waals surface area contributed by atoms with Gasteiger partial charge in [0.15, 0.2) is 0 Å². The fraction of sp³-hybridized carbons (Fsp3) is 0.848. The molecule has 0 spiro atoms. The van der Waals surface area contributed by atoms with E-state index in [1.54, 1.807) is 11.8 Å². The zero-order chi connectivity index (χ0) is 30.3. The Morgan fingerprint density at radius 3 is 2.56 bits per heavy atom. The van der Waals surface area contributed by atoms with Gasteiger partial charge in [0.05, 0.1) is 17.9 Å². The van der Waals surface area contributed by atoms with Crippen molar-refractivity contribution in [3.63, 3.8) is 0 Å². The number of ether oxygens (including phenoxy) is 1. The van der Waals surface area contributed by atoms with E-state index in [4.69, 9.17) is 10.5 Å². The number of carbonyl (C=O) groups is 3. The van der Waals surface area contributed by atoms with Crippen molar-refractivity contribution >= 4 is 29.4 Å². The largest absolute Gasteiger partial charge is 0.461 e. The summed E-state index contributed by atoms with van der Waals surface area (Å²) in [6, 6.07) is -0.477. The normalized spacial score (nSPS) is 42.1. The van der Waals surface area contributed by atoms with Crippen molar-refractivity contribution in [1.82, 2.24) is 4.90 Å². The van der Waals surface area contributed by atoms with Gasteiger partial charge in [0.1, 0.15) is 11.9 Å². The third-order valence-corrected chi connectivity index (χ3v) is 13.3.